The molecule has 2 N–H and O–H groups in total. The summed E-state index contributed by atoms with van der Waals surface area (Å²) in [6, 6.07) is 8.80. The third-order valence-electron chi connectivity index (χ3n) is 5.57. The van der Waals surface area contributed by atoms with Crippen LogP contribution < -0.4 is 10.5 Å². The highest BCUT2D eigenvalue weighted by Crippen LogP contribution is 2.28. The van der Waals surface area contributed by atoms with Crippen molar-refractivity contribution in [2.75, 3.05) is 33.3 Å². The molecule has 3 rings (SSSR count). The van der Waals surface area contributed by atoms with E-state index in [2.05, 4.69) is 24.0 Å². The predicted octanol–water partition coefficient (Wildman–Crippen LogP) is 2.03. The summed E-state index contributed by atoms with van der Waals surface area (Å²) in [7, 11) is 1.70. The van der Waals surface area contributed by atoms with Gasteiger partial charge in [-0.15, -0.1) is 0 Å². The second kappa shape index (κ2) is 7.53. The lowest BCUT2D eigenvalue weighted by Crippen LogP contribution is -2.50. The van der Waals surface area contributed by atoms with Crippen molar-refractivity contribution < 1.29 is 9.53 Å². The topological polar surface area (TPSA) is 58.8 Å². The van der Waals surface area contributed by atoms with Gasteiger partial charge in [0.05, 0.1) is 7.11 Å². The van der Waals surface area contributed by atoms with E-state index in [1.165, 1.54) is 5.56 Å². The number of benzene rings is 1. The van der Waals surface area contributed by atoms with Gasteiger partial charge in [0.1, 0.15) is 5.75 Å². The van der Waals surface area contributed by atoms with Gasteiger partial charge in [-0.25, -0.2) is 0 Å². The quantitative estimate of drug-likeness (QED) is 0.917. The Morgan fingerprint density at radius 2 is 2.00 bits per heavy atom. The fraction of sp³-hybridized carbons (Fsp3) is 0.632. The fourth-order valence-electron chi connectivity index (χ4n) is 3.94. The zero-order valence-corrected chi connectivity index (χ0v) is 14.8. The largest absolute Gasteiger partial charge is 0.497 e. The van der Waals surface area contributed by atoms with E-state index in [4.69, 9.17) is 10.5 Å². The highest BCUT2D eigenvalue weighted by molar-refractivity contribution is 5.79. The average molecular weight is 331 g/mol. The molecule has 1 heterocycles. The highest BCUT2D eigenvalue weighted by Gasteiger charge is 2.33. The Kier molecular flexibility index (Phi) is 5.41. The number of hydrogen-bond donors (Lipinski definition) is 1. The lowest BCUT2D eigenvalue weighted by atomic mass is 10.0. The molecule has 5 heteroatoms. The minimum atomic E-state index is 0.155. The van der Waals surface area contributed by atoms with Gasteiger partial charge in [0, 0.05) is 44.2 Å². The minimum absolute atomic E-state index is 0.155. The molecule has 1 saturated heterocycles. The first kappa shape index (κ1) is 17.2. The van der Waals surface area contributed by atoms with Crippen molar-refractivity contribution in [3.63, 3.8) is 0 Å². The first-order chi connectivity index (χ1) is 11.6. The Labute approximate surface area is 144 Å². The van der Waals surface area contributed by atoms with Gasteiger partial charge in [0.2, 0.25) is 5.91 Å². The van der Waals surface area contributed by atoms with Gasteiger partial charge < -0.3 is 15.4 Å². The van der Waals surface area contributed by atoms with E-state index in [1.807, 2.05) is 17.0 Å². The van der Waals surface area contributed by atoms with E-state index in [-0.39, 0.29) is 12.0 Å². The molecule has 1 saturated carbocycles. The molecule has 3 atom stereocenters. The molecule has 1 aliphatic heterocycles. The summed E-state index contributed by atoms with van der Waals surface area (Å²) in [5.74, 6) is 1.37. The Morgan fingerprint density at radius 1 is 1.25 bits per heavy atom. The van der Waals surface area contributed by atoms with Crippen molar-refractivity contribution in [2.45, 2.75) is 38.3 Å². The third kappa shape index (κ3) is 3.73. The van der Waals surface area contributed by atoms with E-state index in [0.717, 1.165) is 51.2 Å². The van der Waals surface area contributed by atoms with Gasteiger partial charge in [0.15, 0.2) is 0 Å². The molecule has 5 nitrogen and oxygen atoms in total. The van der Waals surface area contributed by atoms with Crippen LogP contribution in [-0.4, -0.2) is 55.0 Å². The smallest absolute Gasteiger partial charge is 0.225 e. The summed E-state index contributed by atoms with van der Waals surface area (Å²) in [6.07, 6.45) is 2.81. The first-order valence-electron chi connectivity index (χ1n) is 9.01. The molecule has 0 aromatic heterocycles. The van der Waals surface area contributed by atoms with Gasteiger partial charge >= 0.3 is 0 Å². The molecule has 1 aromatic rings. The van der Waals surface area contributed by atoms with Gasteiger partial charge in [0.25, 0.3) is 0 Å². The normalized spacial score (nSPS) is 26.4. The number of rotatable bonds is 4. The summed E-state index contributed by atoms with van der Waals surface area (Å²) in [5.41, 5.74) is 7.21. The summed E-state index contributed by atoms with van der Waals surface area (Å²) in [5, 5.41) is 0. The van der Waals surface area contributed by atoms with Gasteiger partial charge in [-0.1, -0.05) is 12.1 Å². The van der Waals surface area contributed by atoms with Crippen molar-refractivity contribution >= 4 is 5.91 Å². The van der Waals surface area contributed by atoms with E-state index in [9.17, 15) is 4.79 Å². The molecule has 2 aliphatic rings. The number of ether oxygens (including phenoxy) is 1. The highest BCUT2D eigenvalue weighted by atomic mass is 16.5. The molecule has 1 amide bonds. The van der Waals surface area contributed by atoms with Gasteiger partial charge in [-0.3, -0.25) is 9.69 Å². The van der Waals surface area contributed by atoms with Crippen LogP contribution in [0.25, 0.3) is 0 Å². The zero-order valence-electron chi connectivity index (χ0n) is 14.8. The molecule has 0 bridgehead atoms. The van der Waals surface area contributed by atoms with E-state index < -0.39 is 0 Å². The number of carbonyl (C=O) groups excluding carboxylic acids is 1. The number of hydrogen-bond acceptors (Lipinski definition) is 4. The molecule has 1 aromatic carbocycles. The molecule has 0 radical (unpaired) electrons. The molecule has 24 heavy (non-hydrogen) atoms. The van der Waals surface area contributed by atoms with Crippen molar-refractivity contribution in [2.24, 2.45) is 11.7 Å². The van der Waals surface area contributed by atoms with Crippen molar-refractivity contribution in [3.8, 4) is 5.75 Å². The fourth-order valence-corrected chi connectivity index (χ4v) is 3.94. The number of nitrogens with two attached hydrogens (primary N) is 1. The van der Waals surface area contributed by atoms with Crippen LogP contribution in [0.4, 0.5) is 0 Å². The summed E-state index contributed by atoms with van der Waals surface area (Å²) in [6.45, 7) is 5.70. The van der Waals surface area contributed by atoms with Gasteiger partial charge in [-0.05, 0) is 43.9 Å². The first-order valence-corrected chi connectivity index (χ1v) is 9.01. The molecular formula is C19H29N3O2. The van der Waals surface area contributed by atoms with E-state index >= 15 is 0 Å². The van der Waals surface area contributed by atoms with Crippen LogP contribution in [0.3, 0.4) is 0 Å². The lowest BCUT2D eigenvalue weighted by Gasteiger charge is -2.39. The number of amides is 1. The van der Waals surface area contributed by atoms with Crippen LogP contribution >= 0.6 is 0 Å². The molecule has 2 fully saturated rings. The maximum Gasteiger partial charge on any atom is 0.225 e. The Hall–Kier alpha value is -1.59. The van der Waals surface area contributed by atoms with Crippen LogP contribution in [0.1, 0.15) is 37.8 Å². The van der Waals surface area contributed by atoms with Crippen LogP contribution in [0.15, 0.2) is 24.3 Å². The lowest BCUT2D eigenvalue weighted by molar-refractivity contribution is -0.137. The molecular weight excluding hydrogens is 302 g/mol. The minimum Gasteiger partial charge on any atom is -0.497 e. The monoisotopic (exact) mass is 331 g/mol. The van der Waals surface area contributed by atoms with Gasteiger partial charge in [-0.2, -0.15) is 0 Å². The van der Waals surface area contributed by atoms with Crippen molar-refractivity contribution in [3.05, 3.63) is 29.8 Å². The van der Waals surface area contributed by atoms with E-state index in [0.29, 0.717) is 11.9 Å². The number of methoxy groups -OCH3 is 1. The SMILES string of the molecule is COc1cccc([C@H](C)N2CCN(C(=O)[C@@H]3CC[C@@H](N)C3)CC2)c1. The average Bonchev–Trinajstić information content (AvgIpc) is 3.07. The molecule has 0 spiro atoms. The molecule has 1 aliphatic carbocycles. The second-order valence-electron chi connectivity index (χ2n) is 7.08. The summed E-state index contributed by atoms with van der Waals surface area (Å²) in [4.78, 5) is 17.1. The number of carbonyl (C=O) groups is 1. The third-order valence-corrected chi connectivity index (χ3v) is 5.57. The van der Waals surface area contributed by atoms with E-state index in [1.54, 1.807) is 7.11 Å². The molecule has 0 unspecified atom stereocenters. The van der Waals surface area contributed by atoms with Crippen molar-refractivity contribution in [1.29, 1.82) is 0 Å². The number of nitrogens with zero attached hydrogens (tertiary/aromatic N) is 2. The Balaban J connectivity index is 1.55. The second-order valence-corrected chi connectivity index (χ2v) is 7.08. The summed E-state index contributed by atoms with van der Waals surface area (Å²) >= 11 is 0. The van der Waals surface area contributed by atoms with Crippen molar-refractivity contribution in [1.82, 2.24) is 9.80 Å². The Morgan fingerprint density at radius 3 is 2.62 bits per heavy atom. The summed E-state index contributed by atoms with van der Waals surface area (Å²) < 4.78 is 5.32. The maximum absolute atomic E-state index is 12.6. The zero-order chi connectivity index (χ0) is 17.1. The van der Waals surface area contributed by atoms with Crippen LogP contribution in [-0.2, 0) is 4.79 Å². The van der Waals surface area contributed by atoms with Crippen LogP contribution in [0.5, 0.6) is 5.75 Å². The Bertz CT molecular complexity index is 569. The maximum atomic E-state index is 12.6. The number of piperazine rings is 1. The standard InChI is InChI=1S/C19H29N3O2/c1-14(15-4-3-5-18(13-15)24-2)21-8-10-22(11-9-21)19(23)16-6-7-17(20)12-16/h3-5,13-14,16-17H,6-12,20H2,1-2H3/t14-,16+,17+/m0/s1. The predicted molar refractivity (Wildman–Crippen MR) is 94.9 cm³/mol. The van der Waals surface area contributed by atoms with Crippen LogP contribution in [0.2, 0.25) is 0 Å². The van der Waals surface area contributed by atoms with Crippen LogP contribution in [0, 0.1) is 5.92 Å². The molecule has 132 valence electrons.